The van der Waals surface area contributed by atoms with E-state index in [1.54, 1.807) is 17.2 Å². The first-order chi connectivity index (χ1) is 21.9. The SMILES string of the molecule is CN(CN1CC2CCC(C1)N2C(=O)OC(C)(C)C)C(=O)c1cc2cnc(Nc3ccc(C(=O)O)cn3)nc2n1[C@@H]1C[C@H]2CC[C@@H]1C2. The number of fused-ring (bicyclic) bond motifs is 5. The maximum atomic E-state index is 14.2. The lowest BCUT2D eigenvalue weighted by molar-refractivity contribution is -0.0107. The first-order valence-corrected chi connectivity index (χ1v) is 16.3. The molecule has 5 atom stereocenters. The van der Waals surface area contributed by atoms with Gasteiger partial charge in [0.1, 0.15) is 22.8 Å². The second-order valence-electron chi connectivity index (χ2n) is 14.4. The number of carbonyl (C=O) groups excluding carboxylic acids is 2. The van der Waals surface area contributed by atoms with Crippen molar-refractivity contribution in [1.82, 2.24) is 34.2 Å². The minimum atomic E-state index is -1.04. The quantitative estimate of drug-likeness (QED) is 0.375. The molecular weight excluding hydrogens is 588 g/mol. The van der Waals surface area contributed by atoms with Crippen molar-refractivity contribution in [1.29, 1.82) is 0 Å². The summed E-state index contributed by atoms with van der Waals surface area (Å²) in [6, 6.07) is 5.31. The lowest BCUT2D eigenvalue weighted by Gasteiger charge is -2.42. The Labute approximate surface area is 267 Å². The largest absolute Gasteiger partial charge is 0.478 e. The van der Waals surface area contributed by atoms with Gasteiger partial charge in [-0.2, -0.15) is 4.98 Å². The summed E-state index contributed by atoms with van der Waals surface area (Å²) in [6.45, 7) is 7.53. The molecule has 2 unspecified atom stereocenters. The summed E-state index contributed by atoms with van der Waals surface area (Å²) in [6.07, 6.45) is 9.23. The van der Waals surface area contributed by atoms with Crippen LogP contribution in [0.15, 0.2) is 30.6 Å². The molecule has 0 aromatic carbocycles. The Morgan fingerprint density at radius 3 is 2.41 bits per heavy atom. The number of likely N-dealkylation sites (tertiary alicyclic amines) is 1. The van der Waals surface area contributed by atoms with E-state index in [-0.39, 0.29) is 35.7 Å². The maximum absolute atomic E-state index is 14.2. The number of piperazine rings is 1. The lowest BCUT2D eigenvalue weighted by Crippen LogP contribution is -2.58. The Balaban J connectivity index is 1.12. The molecule has 7 rings (SSSR count). The highest BCUT2D eigenvalue weighted by Gasteiger charge is 2.45. The number of pyridine rings is 1. The van der Waals surface area contributed by atoms with Gasteiger partial charge in [0.15, 0.2) is 0 Å². The number of ether oxygens (including phenoxy) is 1. The number of carbonyl (C=O) groups is 3. The number of hydrogen-bond donors (Lipinski definition) is 2. The monoisotopic (exact) mass is 630 g/mol. The molecule has 0 radical (unpaired) electrons. The van der Waals surface area contributed by atoms with Gasteiger partial charge < -0.3 is 24.6 Å². The summed E-state index contributed by atoms with van der Waals surface area (Å²) < 4.78 is 7.85. The van der Waals surface area contributed by atoms with Gasteiger partial charge in [0.25, 0.3) is 5.91 Å². The Bertz CT molecular complexity index is 1650. The Morgan fingerprint density at radius 1 is 1.04 bits per heavy atom. The number of carboxylic acids is 1. The van der Waals surface area contributed by atoms with Crippen molar-refractivity contribution in [3.05, 3.63) is 41.9 Å². The van der Waals surface area contributed by atoms with Crippen molar-refractivity contribution in [2.75, 3.05) is 32.1 Å². The number of carboxylic acid groups (broad SMARTS) is 1. The molecule has 2 N–H and O–H groups in total. The van der Waals surface area contributed by atoms with Crippen LogP contribution in [-0.4, -0.2) is 102 Å². The van der Waals surface area contributed by atoms with Gasteiger partial charge in [-0.15, -0.1) is 0 Å². The third-order valence-corrected chi connectivity index (χ3v) is 10.00. The topological polar surface area (TPSA) is 146 Å². The molecule has 3 aromatic rings. The van der Waals surface area contributed by atoms with Gasteiger partial charge in [-0.25, -0.2) is 19.6 Å². The van der Waals surface area contributed by atoms with Crippen LogP contribution >= 0.6 is 0 Å². The summed E-state index contributed by atoms with van der Waals surface area (Å²) in [5.74, 6) is 0.823. The molecule has 13 heteroatoms. The lowest BCUT2D eigenvalue weighted by atomic mass is 9.95. The molecule has 2 aliphatic carbocycles. The number of nitrogens with zero attached hydrogens (tertiary/aromatic N) is 7. The predicted molar refractivity (Wildman–Crippen MR) is 170 cm³/mol. The molecule has 4 aliphatic rings. The summed E-state index contributed by atoms with van der Waals surface area (Å²) in [7, 11) is 1.85. The van der Waals surface area contributed by atoms with Crippen molar-refractivity contribution < 1.29 is 24.2 Å². The number of aromatic nitrogens is 4. The summed E-state index contributed by atoms with van der Waals surface area (Å²) in [5.41, 5.74) is 0.874. The van der Waals surface area contributed by atoms with Gasteiger partial charge in [-0.1, -0.05) is 6.42 Å². The zero-order valence-corrected chi connectivity index (χ0v) is 26.8. The van der Waals surface area contributed by atoms with Crippen molar-refractivity contribution in [3.8, 4) is 0 Å². The molecule has 4 bridgehead atoms. The molecule has 2 saturated heterocycles. The normalized spacial score (nSPS) is 25.7. The highest BCUT2D eigenvalue weighted by atomic mass is 16.6. The molecule has 0 spiro atoms. The first kappa shape index (κ1) is 30.4. The number of nitrogens with one attached hydrogen (secondary N) is 1. The van der Waals surface area contributed by atoms with Crippen LogP contribution in [0, 0.1) is 11.8 Å². The number of aromatic carboxylic acids is 1. The van der Waals surface area contributed by atoms with Crippen molar-refractivity contribution in [3.63, 3.8) is 0 Å². The fourth-order valence-electron chi connectivity index (χ4n) is 8.08. The summed E-state index contributed by atoms with van der Waals surface area (Å²) >= 11 is 0. The standard InChI is InChI=1S/C33H42N8O5/c1-33(2,3)46-32(45)40-23-8-9-24(40)17-39(16-23)18-38(4)29(42)26-13-22-15-35-31(36-27-10-7-21(14-34-27)30(43)44)37-28(22)41(26)25-12-19-5-6-20(25)11-19/h7,10,13-15,19-20,23-25H,5-6,8-9,11-12,16-18H2,1-4H3,(H,43,44)(H,34,35,36,37)/t19-,20+,23?,24?,25+/m0/s1. The van der Waals surface area contributed by atoms with Crippen LogP contribution in [0.3, 0.4) is 0 Å². The number of anilines is 2. The molecule has 13 nitrogen and oxygen atoms in total. The van der Waals surface area contributed by atoms with E-state index in [0.717, 1.165) is 31.1 Å². The van der Waals surface area contributed by atoms with Crippen LogP contribution in [0.2, 0.25) is 0 Å². The molecule has 2 aliphatic heterocycles. The minimum Gasteiger partial charge on any atom is -0.478 e. The van der Waals surface area contributed by atoms with E-state index in [1.807, 2.05) is 38.8 Å². The second kappa shape index (κ2) is 11.5. The van der Waals surface area contributed by atoms with E-state index in [2.05, 4.69) is 24.8 Å². The summed E-state index contributed by atoms with van der Waals surface area (Å²) in [4.78, 5) is 57.9. The minimum absolute atomic E-state index is 0.0665. The third kappa shape index (κ3) is 5.76. The second-order valence-corrected chi connectivity index (χ2v) is 14.4. The van der Waals surface area contributed by atoms with E-state index in [9.17, 15) is 19.5 Å². The van der Waals surface area contributed by atoms with Gasteiger partial charge in [0, 0.05) is 56.0 Å². The van der Waals surface area contributed by atoms with E-state index in [4.69, 9.17) is 9.72 Å². The predicted octanol–water partition coefficient (Wildman–Crippen LogP) is 4.74. The molecule has 3 aromatic heterocycles. The van der Waals surface area contributed by atoms with Crippen LogP contribution in [0.4, 0.5) is 16.6 Å². The third-order valence-electron chi connectivity index (χ3n) is 10.00. The van der Waals surface area contributed by atoms with Crippen molar-refractivity contribution in [2.24, 2.45) is 11.8 Å². The molecule has 2 saturated carbocycles. The van der Waals surface area contributed by atoms with Crippen LogP contribution in [-0.2, 0) is 4.74 Å². The van der Waals surface area contributed by atoms with Gasteiger partial charge in [0.2, 0.25) is 5.95 Å². The molecular formula is C33H42N8O5. The van der Waals surface area contributed by atoms with Crippen LogP contribution in [0.5, 0.6) is 0 Å². The Morgan fingerprint density at radius 2 is 1.80 bits per heavy atom. The molecule has 5 heterocycles. The van der Waals surface area contributed by atoms with Crippen LogP contribution < -0.4 is 5.32 Å². The maximum Gasteiger partial charge on any atom is 0.410 e. The fraction of sp³-hybridized carbons (Fsp3) is 0.576. The highest BCUT2D eigenvalue weighted by Crippen LogP contribution is 2.52. The van der Waals surface area contributed by atoms with Gasteiger partial charge in [-0.3, -0.25) is 14.6 Å². The van der Waals surface area contributed by atoms with E-state index in [0.29, 0.717) is 54.7 Å². The smallest absolute Gasteiger partial charge is 0.410 e. The zero-order valence-electron chi connectivity index (χ0n) is 26.8. The van der Waals surface area contributed by atoms with Gasteiger partial charge >= 0.3 is 12.1 Å². The van der Waals surface area contributed by atoms with Crippen molar-refractivity contribution in [2.45, 2.75) is 83.0 Å². The summed E-state index contributed by atoms with van der Waals surface area (Å²) in [5, 5.41) is 13.1. The first-order valence-electron chi connectivity index (χ1n) is 16.3. The number of hydrogen-bond acceptors (Lipinski definition) is 9. The van der Waals surface area contributed by atoms with E-state index < -0.39 is 11.6 Å². The van der Waals surface area contributed by atoms with Gasteiger partial charge in [0.05, 0.1) is 12.2 Å². The average molecular weight is 631 g/mol. The molecule has 4 fully saturated rings. The molecule has 2 amide bonds. The Kier molecular flexibility index (Phi) is 7.61. The van der Waals surface area contributed by atoms with E-state index >= 15 is 0 Å². The van der Waals surface area contributed by atoms with E-state index in [1.165, 1.54) is 25.1 Å². The zero-order chi connectivity index (χ0) is 32.3. The van der Waals surface area contributed by atoms with Crippen molar-refractivity contribution >= 4 is 40.8 Å². The molecule has 244 valence electrons. The number of amides is 2. The molecule has 46 heavy (non-hydrogen) atoms. The average Bonchev–Trinajstić information content (AvgIpc) is 3.77. The Hall–Kier alpha value is -4.26. The van der Waals surface area contributed by atoms with Gasteiger partial charge in [-0.05, 0) is 82.9 Å². The number of rotatable bonds is 7. The van der Waals surface area contributed by atoms with Crippen LogP contribution in [0.25, 0.3) is 11.0 Å². The highest BCUT2D eigenvalue weighted by molar-refractivity contribution is 5.98. The van der Waals surface area contributed by atoms with Crippen LogP contribution in [0.1, 0.15) is 86.2 Å². The fourth-order valence-corrected chi connectivity index (χ4v) is 8.08.